The number of halogens is 1. The van der Waals surface area contributed by atoms with Crippen molar-refractivity contribution >= 4 is 23.8 Å². The van der Waals surface area contributed by atoms with E-state index in [0.29, 0.717) is 15.6 Å². The molecule has 2 aromatic rings. The fraction of sp³-hybridized carbons (Fsp3) is 0.429. The van der Waals surface area contributed by atoms with E-state index in [-0.39, 0.29) is 0 Å². The van der Waals surface area contributed by atoms with E-state index in [4.69, 9.17) is 28.6 Å². The zero-order valence-electron chi connectivity index (χ0n) is 11.9. The smallest absolute Gasteiger partial charge is 0.221 e. The highest BCUT2D eigenvalue weighted by Crippen LogP contribution is 2.30. The molecule has 1 saturated heterocycles. The standard InChI is InChI=1S/C14H17ClN4OS/c1-20-12-5-4-10(15)8-11(12)13-16-14(21)19(17-13)9-18-6-2-3-7-18/h4-5,8H,2-3,6-7,9H2,1H3,(H,16,17,21)/p+1. The lowest BCUT2D eigenvalue weighted by Crippen LogP contribution is -3.09. The number of hydrogen-bond donors (Lipinski definition) is 2. The number of methoxy groups -OCH3 is 1. The quantitative estimate of drug-likeness (QED) is 0.844. The number of hydrogen-bond acceptors (Lipinski definition) is 3. The number of likely N-dealkylation sites (tertiary alicyclic amines) is 1. The Balaban J connectivity index is 1.93. The second kappa shape index (κ2) is 6.17. The first-order valence-corrected chi connectivity index (χ1v) is 7.80. The Morgan fingerprint density at radius 3 is 2.90 bits per heavy atom. The molecule has 1 aromatic heterocycles. The van der Waals surface area contributed by atoms with Crippen LogP contribution in [0.1, 0.15) is 12.8 Å². The first kappa shape index (κ1) is 14.6. The van der Waals surface area contributed by atoms with E-state index in [2.05, 4.69) is 10.1 Å². The van der Waals surface area contributed by atoms with Crippen LogP contribution in [-0.4, -0.2) is 35.0 Å². The van der Waals surface area contributed by atoms with Crippen LogP contribution >= 0.6 is 23.8 Å². The summed E-state index contributed by atoms with van der Waals surface area (Å²) in [4.78, 5) is 5.97. The van der Waals surface area contributed by atoms with Gasteiger partial charge in [0.05, 0.1) is 25.8 Å². The van der Waals surface area contributed by atoms with E-state index in [0.717, 1.165) is 18.0 Å². The van der Waals surface area contributed by atoms with Crippen molar-refractivity contribution < 1.29 is 9.64 Å². The molecular formula is C14H18ClN4OS+. The van der Waals surface area contributed by atoms with Crippen molar-refractivity contribution in [2.45, 2.75) is 19.5 Å². The molecule has 0 radical (unpaired) electrons. The molecule has 2 heterocycles. The molecular weight excluding hydrogens is 308 g/mol. The van der Waals surface area contributed by atoms with Crippen LogP contribution in [0.15, 0.2) is 18.2 Å². The third-order valence-electron chi connectivity index (χ3n) is 3.79. The van der Waals surface area contributed by atoms with Crippen molar-refractivity contribution in [1.82, 2.24) is 14.8 Å². The molecule has 1 fully saturated rings. The molecule has 0 atom stereocenters. The van der Waals surface area contributed by atoms with Crippen LogP contribution in [0.4, 0.5) is 0 Å². The predicted molar refractivity (Wildman–Crippen MR) is 84.3 cm³/mol. The lowest BCUT2D eigenvalue weighted by atomic mass is 10.2. The van der Waals surface area contributed by atoms with Crippen LogP contribution < -0.4 is 9.64 Å². The Bertz CT molecular complexity index is 691. The molecule has 0 aliphatic carbocycles. The van der Waals surface area contributed by atoms with Crippen LogP contribution in [0.25, 0.3) is 11.4 Å². The van der Waals surface area contributed by atoms with Gasteiger partial charge in [-0.05, 0) is 30.4 Å². The summed E-state index contributed by atoms with van der Waals surface area (Å²) in [6.07, 6.45) is 2.57. The van der Waals surface area contributed by atoms with Gasteiger partial charge in [-0.15, -0.1) is 0 Å². The first-order valence-electron chi connectivity index (χ1n) is 7.01. The maximum absolute atomic E-state index is 6.07. The highest BCUT2D eigenvalue weighted by atomic mass is 35.5. The predicted octanol–water partition coefficient (Wildman–Crippen LogP) is 1.91. The van der Waals surface area contributed by atoms with Gasteiger partial charge in [0.25, 0.3) is 0 Å². The van der Waals surface area contributed by atoms with Crippen LogP contribution in [0, 0.1) is 4.77 Å². The van der Waals surface area contributed by atoms with E-state index in [1.807, 2.05) is 16.8 Å². The zero-order chi connectivity index (χ0) is 14.8. The average Bonchev–Trinajstić information content (AvgIpc) is 3.10. The van der Waals surface area contributed by atoms with Crippen molar-refractivity contribution in [2.75, 3.05) is 20.2 Å². The summed E-state index contributed by atoms with van der Waals surface area (Å²) in [6, 6.07) is 5.46. The van der Waals surface area contributed by atoms with Crippen LogP contribution in [0.5, 0.6) is 5.75 Å². The first-order chi connectivity index (χ1) is 10.2. The summed E-state index contributed by atoms with van der Waals surface area (Å²) < 4.78 is 7.85. The van der Waals surface area contributed by atoms with E-state index >= 15 is 0 Å². The second-order valence-corrected chi connectivity index (χ2v) is 6.04. The van der Waals surface area contributed by atoms with Gasteiger partial charge in [-0.3, -0.25) is 5.10 Å². The maximum atomic E-state index is 6.07. The fourth-order valence-corrected chi connectivity index (χ4v) is 3.08. The van der Waals surface area contributed by atoms with Gasteiger partial charge in [-0.25, -0.2) is 4.68 Å². The number of aromatic nitrogens is 3. The molecule has 1 aromatic carbocycles. The normalized spacial score (nSPS) is 15.5. The minimum absolute atomic E-state index is 0.562. The number of nitrogens with one attached hydrogen (secondary N) is 2. The molecule has 1 aliphatic heterocycles. The van der Waals surface area contributed by atoms with Gasteiger partial charge in [0.15, 0.2) is 12.5 Å². The van der Waals surface area contributed by atoms with Crippen LogP contribution in [-0.2, 0) is 6.67 Å². The van der Waals surface area contributed by atoms with Crippen LogP contribution in [0.3, 0.4) is 0 Å². The molecule has 7 heteroatoms. The van der Waals surface area contributed by atoms with Gasteiger partial charge in [0.1, 0.15) is 5.75 Å². The molecule has 0 bridgehead atoms. The molecule has 21 heavy (non-hydrogen) atoms. The Hall–Kier alpha value is -1.37. The monoisotopic (exact) mass is 325 g/mol. The van der Waals surface area contributed by atoms with Crippen molar-refractivity contribution in [3.8, 4) is 17.1 Å². The fourth-order valence-electron chi connectivity index (χ4n) is 2.71. The number of aromatic amines is 1. The summed E-state index contributed by atoms with van der Waals surface area (Å²) in [6.45, 7) is 3.21. The van der Waals surface area contributed by atoms with Gasteiger partial charge in [0, 0.05) is 17.9 Å². The van der Waals surface area contributed by atoms with Gasteiger partial charge in [0.2, 0.25) is 4.77 Å². The third-order valence-corrected chi connectivity index (χ3v) is 4.34. The molecule has 1 aliphatic rings. The number of H-pyrrole nitrogens is 1. The topological polar surface area (TPSA) is 47.3 Å². The SMILES string of the molecule is COc1ccc(Cl)cc1-c1nc(=S)n(C[NH+]2CCCC2)[nH]1. The van der Waals surface area contributed by atoms with Gasteiger partial charge in [-0.1, -0.05) is 11.6 Å². The highest BCUT2D eigenvalue weighted by Gasteiger charge is 2.18. The van der Waals surface area contributed by atoms with E-state index < -0.39 is 0 Å². The second-order valence-electron chi connectivity index (χ2n) is 5.24. The van der Waals surface area contributed by atoms with Crippen molar-refractivity contribution in [1.29, 1.82) is 0 Å². The largest absolute Gasteiger partial charge is 0.496 e. The summed E-state index contributed by atoms with van der Waals surface area (Å²) in [5.41, 5.74) is 0.825. The van der Waals surface area contributed by atoms with E-state index in [1.54, 1.807) is 13.2 Å². The highest BCUT2D eigenvalue weighted by molar-refractivity contribution is 7.71. The molecule has 3 rings (SSSR count). The Morgan fingerprint density at radius 1 is 1.43 bits per heavy atom. The summed E-state index contributed by atoms with van der Waals surface area (Å²) in [5.74, 6) is 1.42. The van der Waals surface area contributed by atoms with Gasteiger partial charge in [-0.2, -0.15) is 4.98 Å². The Labute approximate surface area is 133 Å². The van der Waals surface area contributed by atoms with Crippen LogP contribution in [0.2, 0.25) is 5.02 Å². The minimum atomic E-state index is 0.562. The number of nitrogens with zero attached hydrogens (tertiary/aromatic N) is 2. The van der Waals surface area contributed by atoms with Gasteiger partial charge < -0.3 is 9.64 Å². The Kier molecular flexibility index (Phi) is 4.28. The van der Waals surface area contributed by atoms with E-state index in [9.17, 15) is 0 Å². The maximum Gasteiger partial charge on any atom is 0.221 e. The number of rotatable bonds is 4. The summed E-state index contributed by atoms with van der Waals surface area (Å²) in [5, 5.41) is 3.91. The molecule has 0 unspecified atom stereocenters. The zero-order valence-corrected chi connectivity index (χ0v) is 13.4. The van der Waals surface area contributed by atoms with E-state index in [1.165, 1.54) is 30.8 Å². The third kappa shape index (κ3) is 3.12. The molecule has 2 N–H and O–H groups in total. The lowest BCUT2D eigenvalue weighted by Gasteiger charge is -2.11. The molecule has 5 nitrogen and oxygen atoms in total. The molecule has 112 valence electrons. The van der Waals surface area contributed by atoms with Gasteiger partial charge >= 0.3 is 0 Å². The molecule has 0 saturated carbocycles. The number of ether oxygens (including phenoxy) is 1. The summed E-state index contributed by atoms with van der Waals surface area (Å²) >= 11 is 11.4. The van der Waals surface area contributed by atoms with Crippen molar-refractivity contribution in [2.24, 2.45) is 0 Å². The van der Waals surface area contributed by atoms with Crippen molar-refractivity contribution in [3.63, 3.8) is 0 Å². The Morgan fingerprint density at radius 2 is 2.19 bits per heavy atom. The summed E-state index contributed by atoms with van der Waals surface area (Å²) in [7, 11) is 1.63. The minimum Gasteiger partial charge on any atom is -0.496 e. The number of quaternary nitrogens is 1. The average molecular weight is 326 g/mol. The molecule has 0 amide bonds. The number of benzene rings is 1. The molecule has 0 spiro atoms. The van der Waals surface area contributed by atoms with Crippen molar-refractivity contribution in [3.05, 3.63) is 28.0 Å². The lowest BCUT2D eigenvalue weighted by molar-refractivity contribution is -0.911.